The van der Waals surface area contributed by atoms with Gasteiger partial charge in [0.05, 0.1) is 14.2 Å². The number of ether oxygens (including phenoxy) is 2. The van der Waals surface area contributed by atoms with Gasteiger partial charge in [-0.3, -0.25) is 9.59 Å². The van der Waals surface area contributed by atoms with Gasteiger partial charge in [-0.05, 0) is 6.42 Å². The van der Waals surface area contributed by atoms with E-state index >= 15 is 0 Å². The van der Waals surface area contributed by atoms with Gasteiger partial charge < -0.3 is 9.47 Å². The van der Waals surface area contributed by atoms with Gasteiger partial charge in [-0.2, -0.15) is 0 Å². The van der Waals surface area contributed by atoms with Crippen LogP contribution in [0.3, 0.4) is 0 Å². The van der Waals surface area contributed by atoms with E-state index in [1.54, 1.807) is 0 Å². The first kappa shape index (κ1) is 11.9. The van der Waals surface area contributed by atoms with Gasteiger partial charge >= 0.3 is 11.9 Å². The monoisotopic (exact) mass is 188 g/mol. The summed E-state index contributed by atoms with van der Waals surface area (Å²) in [6.07, 6.45) is 2.25. The lowest BCUT2D eigenvalue weighted by Crippen LogP contribution is -2.26. The second kappa shape index (κ2) is 6.46. The number of esters is 2. The van der Waals surface area contributed by atoms with Crippen molar-refractivity contribution in [2.24, 2.45) is 5.92 Å². The minimum Gasteiger partial charge on any atom is -0.468 e. The first-order chi connectivity index (χ1) is 6.17. The molecule has 4 heteroatoms. The molecule has 0 aromatic heterocycles. The highest BCUT2D eigenvalue weighted by Crippen LogP contribution is 2.11. The molecule has 0 radical (unpaired) electrons. The topological polar surface area (TPSA) is 52.6 Å². The molecule has 0 aliphatic carbocycles. The number of unbranched alkanes of at least 4 members (excludes halogenated alkanes) is 1. The molecule has 0 aliphatic heterocycles. The van der Waals surface area contributed by atoms with Crippen LogP contribution in [0.15, 0.2) is 0 Å². The van der Waals surface area contributed by atoms with Crippen LogP contribution in [0.25, 0.3) is 0 Å². The molecule has 0 spiro atoms. The molecule has 0 rings (SSSR count). The van der Waals surface area contributed by atoms with Crippen LogP contribution in [0.2, 0.25) is 0 Å². The van der Waals surface area contributed by atoms with Crippen molar-refractivity contribution < 1.29 is 19.1 Å². The number of carbonyl (C=O) groups is 2. The third kappa shape index (κ3) is 3.92. The average Bonchev–Trinajstić information content (AvgIpc) is 2.17. The van der Waals surface area contributed by atoms with E-state index in [-0.39, 0.29) is 0 Å². The fourth-order valence-corrected chi connectivity index (χ4v) is 1.02. The van der Waals surface area contributed by atoms with Crippen molar-refractivity contribution in [1.29, 1.82) is 0 Å². The van der Waals surface area contributed by atoms with Crippen molar-refractivity contribution >= 4 is 11.9 Å². The van der Waals surface area contributed by atoms with Gasteiger partial charge in [-0.25, -0.2) is 0 Å². The zero-order valence-electron chi connectivity index (χ0n) is 8.33. The SMILES string of the molecule is CCCCC(C(=O)OC)C(=O)OC. The van der Waals surface area contributed by atoms with Crippen LogP contribution in [0, 0.1) is 5.92 Å². The van der Waals surface area contributed by atoms with Crippen LogP contribution >= 0.6 is 0 Å². The zero-order chi connectivity index (χ0) is 10.3. The number of hydrogen-bond acceptors (Lipinski definition) is 4. The van der Waals surface area contributed by atoms with E-state index in [0.29, 0.717) is 6.42 Å². The Kier molecular flexibility index (Phi) is 5.93. The van der Waals surface area contributed by atoms with Crippen molar-refractivity contribution in [3.8, 4) is 0 Å². The maximum absolute atomic E-state index is 11.1. The molecular weight excluding hydrogens is 172 g/mol. The quantitative estimate of drug-likeness (QED) is 0.479. The summed E-state index contributed by atoms with van der Waals surface area (Å²) >= 11 is 0. The largest absolute Gasteiger partial charge is 0.468 e. The molecule has 0 amide bonds. The molecule has 0 saturated heterocycles. The first-order valence-electron chi connectivity index (χ1n) is 4.33. The fourth-order valence-electron chi connectivity index (χ4n) is 1.02. The highest BCUT2D eigenvalue weighted by Gasteiger charge is 2.27. The van der Waals surface area contributed by atoms with Gasteiger partial charge in [0, 0.05) is 0 Å². The molecule has 0 bridgehead atoms. The van der Waals surface area contributed by atoms with E-state index < -0.39 is 17.9 Å². The maximum atomic E-state index is 11.1. The second-order valence-corrected chi connectivity index (χ2v) is 2.74. The van der Waals surface area contributed by atoms with E-state index in [1.807, 2.05) is 6.92 Å². The predicted molar refractivity (Wildman–Crippen MR) is 47.0 cm³/mol. The molecule has 0 heterocycles. The number of rotatable bonds is 5. The average molecular weight is 188 g/mol. The summed E-state index contributed by atoms with van der Waals surface area (Å²) < 4.78 is 8.99. The van der Waals surface area contributed by atoms with Crippen molar-refractivity contribution in [3.63, 3.8) is 0 Å². The summed E-state index contributed by atoms with van der Waals surface area (Å²) in [5, 5.41) is 0. The van der Waals surface area contributed by atoms with E-state index in [2.05, 4.69) is 9.47 Å². The van der Waals surface area contributed by atoms with Gasteiger partial charge in [0.25, 0.3) is 0 Å². The lowest BCUT2D eigenvalue weighted by molar-refractivity contribution is -0.159. The van der Waals surface area contributed by atoms with Crippen LogP contribution in [-0.4, -0.2) is 26.2 Å². The number of methoxy groups -OCH3 is 2. The summed E-state index contributed by atoms with van der Waals surface area (Å²) in [6.45, 7) is 1.99. The smallest absolute Gasteiger partial charge is 0.320 e. The Hall–Kier alpha value is -1.06. The Morgan fingerprint density at radius 3 is 1.92 bits per heavy atom. The summed E-state index contributed by atoms with van der Waals surface area (Å²) in [4.78, 5) is 22.2. The maximum Gasteiger partial charge on any atom is 0.320 e. The molecule has 0 fully saturated rings. The molecule has 0 aromatic carbocycles. The Bertz CT molecular complexity index is 160. The van der Waals surface area contributed by atoms with E-state index in [4.69, 9.17) is 0 Å². The minimum absolute atomic E-state index is 0.496. The van der Waals surface area contributed by atoms with Crippen molar-refractivity contribution in [2.45, 2.75) is 26.2 Å². The van der Waals surface area contributed by atoms with E-state index in [0.717, 1.165) is 12.8 Å². The van der Waals surface area contributed by atoms with Crippen LogP contribution in [0.1, 0.15) is 26.2 Å². The van der Waals surface area contributed by atoms with Gasteiger partial charge in [0.1, 0.15) is 0 Å². The predicted octanol–water partition coefficient (Wildman–Crippen LogP) is 1.14. The van der Waals surface area contributed by atoms with Crippen molar-refractivity contribution in [1.82, 2.24) is 0 Å². The molecular formula is C9H16O4. The minimum atomic E-state index is -0.755. The van der Waals surface area contributed by atoms with Crippen LogP contribution in [0.5, 0.6) is 0 Å². The first-order valence-corrected chi connectivity index (χ1v) is 4.33. The summed E-state index contributed by atoms with van der Waals surface area (Å²) in [5.41, 5.74) is 0. The van der Waals surface area contributed by atoms with Crippen molar-refractivity contribution in [3.05, 3.63) is 0 Å². The molecule has 0 unspecified atom stereocenters. The summed E-state index contributed by atoms with van der Waals surface area (Å²) in [6, 6.07) is 0. The van der Waals surface area contributed by atoms with Gasteiger partial charge in [-0.1, -0.05) is 19.8 Å². The molecule has 4 nitrogen and oxygen atoms in total. The second-order valence-electron chi connectivity index (χ2n) is 2.74. The Morgan fingerprint density at radius 1 is 1.15 bits per heavy atom. The molecule has 0 aliphatic rings. The third-order valence-corrected chi connectivity index (χ3v) is 1.82. The molecule has 0 N–H and O–H groups in total. The summed E-state index contributed by atoms with van der Waals surface area (Å²) in [7, 11) is 2.54. The number of hydrogen-bond donors (Lipinski definition) is 0. The van der Waals surface area contributed by atoms with E-state index in [9.17, 15) is 9.59 Å². The van der Waals surface area contributed by atoms with Gasteiger partial charge in [0.2, 0.25) is 0 Å². The third-order valence-electron chi connectivity index (χ3n) is 1.82. The van der Waals surface area contributed by atoms with Crippen LogP contribution in [0.4, 0.5) is 0 Å². The van der Waals surface area contributed by atoms with E-state index in [1.165, 1.54) is 14.2 Å². The highest BCUT2D eigenvalue weighted by atomic mass is 16.5. The van der Waals surface area contributed by atoms with Crippen LogP contribution in [-0.2, 0) is 19.1 Å². The standard InChI is InChI=1S/C9H16O4/c1-4-5-6-7(8(10)12-2)9(11)13-3/h7H,4-6H2,1-3H3. The number of carbonyl (C=O) groups excluding carboxylic acids is 2. The Morgan fingerprint density at radius 2 is 1.62 bits per heavy atom. The molecule has 0 atom stereocenters. The van der Waals surface area contributed by atoms with Gasteiger partial charge in [-0.15, -0.1) is 0 Å². The Balaban J connectivity index is 4.18. The molecule has 0 saturated carbocycles. The highest BCUT2D eigenvalue weighted by molar-refractivity contribution is 5.94. The normalized spacial score (nSPS) is 9.85. The molecule has 76 valence electrons. The lowest BCUT2D eigenvalue weighted by atomic mass is 10.0. The zero-order valence-corrected chi connectivity index (χ0v) is 8.33. The van der Waals surface area contributed by atoms with Crippen LogP contribution < -0.4 is 0 Å². The molecule has 0 aromatic rings. The Labute approximate surface area is 78.2 Å². The van der Waals surface area contributed by atoms with Gasteiger partial charge in [0.15, 0.2) is 5.92 Å². The molecule has 13 heavy (non-hydrogen) atoms. The summed E-state index contributed by atoms with van der Waals surface area (Å²) in [5.74, 6) is -1.78. The lowest BCUT2D eigenvalue weighted by Gasteiger charge is -2.10. The fraction of sp³-hybridized carbons (Fsp3) is 0.778. The van der Waals surface area contributed by atoms with Crippen molar-refractivity contribution in [2.75, 3.05) is 14.2 Å².